The number of aliphatic hydroxyl groups excluding tert-OH is 1. The molecule has 3 rings (SSSR count). The Hall–Kier alpha value is -3.45. The number of rotatable bonds is 7. The number of carbonyl (C=O) groups excluding carboxylic acids is 2. The molecule has 7 heteroatoms. The van der Waals surface area contributed by atoms with Crippen molar-refractivity contribution in [2.45, 2.75) is 39.0 Å². The van der Waals surface area contributed by atoms with Crippen LogP contribution < -0.4 is 16.0 Å². The van der Waals surface area contributed by atoms with E-state index in [2.05, 4.69) is 31.1 Å². The first-order valence-electron chi connectivity index (χ1n) is 10.6. The van der Waals surface area contributed by atoms with Gasteiger partial charge in [0.25, 0.3) is 0 Å². The fraction of sp³-hybridized carbons (Fsp3) is 0.320. The molecule has 0 atom stereocenters. The second kappa shape index (κ2) is 9.78. The van der Waals surface area contributed by atoms with Gasteiger partial charge in [0.1, 0.15) is 5.82 Å². The van der Waals surface area contributed by atoms with Crippen LogP contribution in [-0.4, -0.2) is 35.1 Å². The summed E-state index contributed by atoms with van der Waals surface area (Å²) in [5.41, 5.74) is 8.36. The summed E-state index contributed by atoms with van der Waals surface area (Å²) in [6.07, 6.45) is 1.69. The number of anilines is 3. The lowest BCUT2D eigenvalue weighted by Crippen LogP contribution is -2.34. The number of nitrogens with zero attached hydrogens (tertiary/aromatic N) is 2. The van der Waals surface area contributed by atoms with Gasteiger partial charge in [0.05, 0.1) is 6.61 Å². The number of pyridine rings is 1. The zero-order chi connectivity index (χ0) is 23.3. The van der Waals surface area contributed by atoms with Crippen molar-refractivity contribution in [2.24, 2.45) is 0 Å². The standard InChI is InChI=1S/C25H30N4O3/c1-25(2,3)18-4-7-20(8-5-18)29(14-15-30)23(32)11-10-22(31)28-19-6-9-21-17(16-19)12-13-27-24(21)26/h4-9,12-13,16,30H,10-11,14-15H2,1-3H3,(H2,26,27)(H,28,31). The number of carbonyl (C=O) groups is 2. The molecule has 7 nitrogen and oxygen atoms in total. The topological polar surface area (TPSA) is 109 Å². The van der Waals surface area contributed by atoms with E-state index in [9.17, 15) is 14.7 Å². The lowest BCUT2D eigenvalue weighted by Gasteiger charge is -2.24. The van der Waals surface area contributed by atoms with Gasteiger partial charge in [-0.3, -0.25) is 9.59 Å². The number of amides is 2. The van der Waals surface area contributed by atoms with Crippen molar-refractivity contribution in [3.8, 4) is 0 Å². The van der Waals surface area contributed by atoms with E-state index >= 15 is 0 Å². The summed E-state index contributed by atoms with van der Waals surface area (Å²) in [5.74, 6) is -0.0349. The number of aliphatic hydroxyl groups is 1. The van der Waals surface area contributed by atoms with Crippen LogP contribution in [0.1, 0.15) is 39.2 Å². The maximum absolute atomic E-state index is 12.8. The van der Waals surface area contributed by atoms with E-state index in [1.54, 1.807) is 12.3 Å². The zero-order valence-corrected chi connectivity index (χ0v) is 18.8. The number of aromatic nitrogens is 1. The van der Waals surface area contributed by atoms with Gasteiger partial charge in [-0.25, -0.2) is 4.98 Å². The highest BCUT2D eigenvalue weighted by atomic mass is 16.3. The fourth-order valence-electron chi connectivity index (χ4n) is 3.50. The van der Waals surface area contributed by atoms with Crippen LogP contribution in [0.3, 0.4) is 0 Å². The first kappa shape index (κ1) is 23.2. The summed E-state index contributed by atoms with van der Waals surface area (Å²) >= 11 is 0. The molecule has 4 N–H and O–H groups in total. The van der Waals surface area contributed by atoms with E-state index in [1.165, 1.54) is 4.90 Å². The minimum Gasteiger partial charge on any atom is -0.395 e. The Morgan fingerprint density at radius 1 is 1.06 bits per heavy atom. The predicted octanol–water partition coefficient (Wildman–Crippen LogP) is 3.86. The van der Waals surface area contributed by atoms with Crippen LogP contribution in [0.2, 0.25) is 0 Å². The summed E-state index contributed by atoms with van der Waals surface area (Å²) in [4.78, 5) is 30.8. The zero-order valence-electron chi connectivity index (χ0n) is 18.8. The third-order valence-corrected chi connectivity index (χ3v) is 5.31. The van der Waals surface area contributed by atoms with Crippen LogP contribution in [0.25, 0.3) is 10.8 Å². The molecule has 1 aromatic heterocycles. The van der Waals surface area contributed by atoms with Gasteiger partial charge in [0, 0.05) is 42.3 Å². The van der Waals surface area contributed by atoms with Gasteiger partial charge < -0.3 is 21.1 Å². The van der Waals surface area contributed by atoms with E-state index in [0.717, 1.165) is 16.3 Å². The van der Waals surface area contributed by atoms with E-state index in [4.69, 9.17) is 5.73 Å². The first-order chi connectivity index (χ1) is 15.2. The molecule has 32 heavy (non-hydrogen) atoms. The van der Waals surface area contributed by atoms with Crippen molar-refractivity contribution in [3.63, 3.8) is 0 Å². The fourth-order valence-corrected chi connectivity index (χ4v) is 3.50. The number of benzene rings is 2. The summed E-state index contributed by atoms with van der Waals surface area (Å²) in [7, 11) is 0. The molecule has 0 spiro atoms. The van der Waals surface area contributed by atoms with Gasteiger partial charge in [-0.1, -0.05) is 32.9 Å². The van der Waals surface area contributed by atoms with Crippen molar-refractivity contribution < 1.29 is 14.7 Å². The van der Waals surface area contributed by atoms with Crippen molar-refractivity contribution in [1.29, 1.82) is 0 Å². The number of nitrogen functional groups attached to an aromatic ring is 1. The molecule has 3 aromatic rings. The second-order valence-electron chi connectivity index (χ2n) is 8.75. The van der Waals surface area contributed by atoms with E-state index in [1.807, 2.05) is 42.5 Å². The van der Waals surface area contributed by atoms with Crippen LogP contribution in [0.5, 0.6) is 0 Å². The number of nitrogens with one attached hydrogen (secondary N) is 1. The van der Waals surface area contributed by atoms with Crippen LogP contribution in [0.4, 0.5) is 17.2 Å². The molecule has 0 fully saturated rings. The van der Waals surface area contributed by atoms with Crippen molar-refractivity contribution in [1.82, 2.24) is 4.98 Å². The van der Waals surface area contributed by atoms with Crippen LogP contribution in [0.15, 0.2) is 54.7 Å². The third kappa shape index (κ3) is 5.62. The number of hydrogen-bond donors (Lipinski definition) is 3. The highest BCUT2D eigenvalue weighted by Gasteiger charge is 2.19. The molecule has 0 aliphatic carbocycles. The van der Waals surface area contributed by atoms with Gasteiger partial charge in [-0.2, -0.15) is 0 Å². The molecular formula is C25H30N4O3. The maximum Gasteiger partial charge on any atom is 0.227 e. The third-order valence-electron chi connectivity index (χ3n) is 5.31. The second-order valence-corrected chi connectivity index (χ2v) is 8.75. The summed E-state index contributed by atoms with van der Waals surface area (Å²) < 4.78 is 0. The molecule has 1 heterocycles. The van der Waals surface area contributed by atoms with E-state index < -0.39 is 0 Å². The normalized spacial score (nSPS) is 11.4. The largest absolute Gasteiger partial charge is 0.395 e. The van der Waals surface area contributed by atoms with E-state index in [-0.39, 0.29) is 43.2 Å². The van der Waals surface area contributed by atoms with Gasteiger partial charge in [-0.15, -0.1) is 0 Å². The first-order valence-corrected chi connectivity index (χ1v) is 10.6. The minimum atomic E-state index is -0.258. The predicted molar refractivity (Wildman–Crippen MR) is 129 cm³/mol. The Bertz CT molecular complexity index is 1100. The molecule has 0 aliphatic heterocycles. The van der Waals surface area contributed by atoms with Crippen molar-refractivity contribution >= 4 is 39.8 Å². The minimum absolute atomic E-state index is 0.00737. The molecule has 0 unspecified atom stereocenters. The van der Waals surface area contributed by atoms with Crippen LogP contribution >= 0.6 is 0 Å². The van der Waals surface area contributed by atoms with Crippen LogP contribution in [0, 0.1) is 0 Å². The van der Waals surface area contributed by atoms with Gasteiger partial charge >= 0.3 is 0 Å². The smallest absolute Gasteiger partial charge is 0.227 e. The number of nitrogens with two attached hydrogens (primary N) is 1. The lowest BCUT2D eigenvalue weighted by atomic mass is 9.87. The summed E-state index contributed by atoms with van der Waals surface area (Å²) in [5, 5.41) is 13.9. The number of hydrogen-bond acceptors (Lipinski definition) is 5. The van der Waals surface area contributed by atoms with Gasteiger partial charge in [0.2, 0.25) is 11.8 Å². The van der Waals surface area contributed by atoms with Crippen LogP contribution in [-0.2, 0) is 15.0 Å². The molecule has 0 saturated heterocycles. The number of fused-ring (bicyclic) bond motifs is 1. The molecule has 0 aliphatic rings. The Morgan fingerprint density at radius 3 is 2.44 bits per heavy atom. The van der Waals surface area contributed by atoms with Gasteiger partial charge in [-0.05, 0) is 52.8 Å². The summed E-state index contributed by atoms with van der Waals surface area (Å²) in [6.45, 7) is 6.39. The molecule has 0 radical (unpaired) electrons. The van der Waals surface area contributed by atoms with Crippen molar-refractivity contribution in [2.75, 3.05) is 29.1 Å². The molecule has 2 aromatic carbocycles. The average molecular weight is 435 g/mol. The Kier molecular flexibility index (Phi) is 7.10. The van der Waals surface area contributed by atoms with Crippen molar-refractivity contribution in [3.05, 3.63) is 60.3 Å². The highest BCUT2D eigenvalue weighted by molar-refractivity contribution is 6.00. The molecule has 168 valence electrons. The van der Waals surface area contributed by atoms with Gasteiger partial charge in [0.15, 0.2) is 0 Å². The quantitative estimate of drug-likeness (QED) is 0.523. The monoisotopic (exact) mass is 434 g/mol. The molecule has 0 saturated carbocycles. The average Bonchev–Trinajstić information content (AvgIpc) is 2.75. The van der Waals surface area contributed by atoms with E-state index in [0.29, 0.717) is 17.2 Å². The highest BCUT2D eigenvalue weighted by Crippen LogP contribution is 2.26. The Balaban J connectivity index is 1.62. The SMILES string of the molecule is CC(C)(C)c1ccc(N(CCO)C(=O)CCC(=O)Nc2ccc3c(N)nccc3c2)cc1. The molecule has 0 bridgehead atoms. The maximum atomic E-state index is 12.8. The Labute approximate surface area is 188 Å². The molecular weight excluding hydrogens is 404 g/mol. The summed E-state index contributed by atoms with van der Waals surface area (Å²) in [6, 6.07) is 14.9. The Morgan fingerprint density at radius 2 is 1.78 bits per heavy atom. The molecule has 2 amide bonds. The lowest BCUT2D eigenvalue weighted by molar-refractivity contribution is -0.122.